The van der Waals surface area contributed by atoms with E-state index in [1.54, 1.807) is 22.3 Å². The predicted octanol–water partition coefficient (Wildman–Crippen LogP) is 2.67. The lowest BCUT2D eigenvalue weighted by molar-refractivity contribution is 0.0933. The van der Waals surface area contributed by atoms with Crippen molar-refractivity contribution in [2.75, 3.05) is 0 Å². The Hall–Kier alpha value is -1.76. The number of carbonyl (C=O) groups is 1. The van der Waals surface area contributed by atoms with E-state index in [0.29, 0.717) is 6.04 Å². The number of carbonyl (C=O) groups excluding carboxylic acids is 1. The first-order valence-corrected chi connectivity index (χ1v) is 9.33. The zero-order valence-corrected chi connectivity index (χ0v) is 13.9. The van der Waals surface area contributed by atoms with Crippen LogP contribution < -0.4 is 5.32 Å². The third kappa shape index (κ3) is 2.89. The number of aryl methyl sites for hydroxylation is 1. The summed E-state index contributed by atoms with van der Waals surface area (Å²) >= 11 is 1.66. The number of thiophene rings is 1. The Balaban J connectivity index is 1.63. The molecule has 0 radical (unpaired) electrons. The molecule has 6 nitrogen and oxygen atoms in total. The maximum absolute atomic E-state index is 13.0. The highest BCUT2D eigenvalue weighted by Gasteiger charge is 2.29. The van der Waals surface area contributed by atoms with Gasteiger partial charge >= 0.3 is 0 Å². The molecule has 1 saturated carbocycles. The summed E-state index contributed by atoms with van der Waals surface area (Å²) in [7, 11) is 0. The van der Waals surface area contributed by atoms with Crippen molar-refractivity contribution in [2.45, 2.75) is 63.8 Å². The van der Waals surface area contributed by atoms with Crippen molar-refractivity contribution in [1.82, 2.24) is 25.5 Å². The quantitative estimate of drug-likeness (QED) is 0.878. The third-order valence-electron chi connectivity index (χ3n) is 4.88. The number of hydrogen-bond donors (Lipinski definition) is 1. The first-order chi connectivity index (χ1) is 11.3. The second-order valence-electron chi connectivity index (χ2n) is 6.45. The number of aromatic nitrogens is 4. The minimum Gasteiger partial charge on any atom is -0.349 e. The van der Waals surface area contributed by atoms with E-state index in [1.165, 1.54) is 36.1 Å². The van der Waals surface area contributed by atoms with Gasteiger partial charge in [-0.2, -0.15) is 4.68 Å². The lowest BCUT2D eigenvalue weighted by Gasteiger charge is -2.17. The Bertz CT molecular complexity index is 686. The van der Waals surface area contributed by atoms with Crippen LogP contribution in [0.2, 0.25) is 0 Å². The van der Waals surface area contributed by atoms with Gasteiger partial charge < -0.3 is 5.32 Å². The predicted molar refractivity (Wildman–Crippen MR) is 88.0 cm³/mol. The molecule has 0 spiro atoms. The summed E-state index contributed by atoms with van der Waals surface area (Å²) in [5.41, 5.74) is 2.02. The molecule has 2 aliphatic rings. The zero-order chi connectivity index (χ0) is 15.6. The summed E-state index contributed by atoms with van der Waals surface area (Å²) in [6.07, 6.45) is 12.0. The van der Waals surface area contributed by atoms with Crippen molar-refractivity contribution >= 4 is 17.2 Å². The lowest BCUT2D eigenvalue weighted by Crippen LogP contribution is -2.35. The van der Waals surface area contributed by atoms with E-state index in [4.69, 9.17) is 0 Å². The van der Waals surface area contributed by atoms with Crippen LogP contribution in [-0.4, -0.2) is 32.2 Å². The molecule has 1 fully saturated rings. The number of nitrogens with one attached hydrogen (secondary N) is 1. The van der Waals surface area contributed by atoms with Crippen molar-refractivity contribution in [3.63, 3.8) is 0 Å². The molecule has 0 atom stereocenters. The molecule has 2 aromatic heterocycles. The van der Waals surface area contributed by atoms with Crippen molar-refractivity contribution in [2.24, 2.45) is 0 Å². The van der Waals surface area contributed by atoms with Crippen molar-refractivity contribution < 1.29 is 4.79 Å². The number of tetrazole rings is 1. The zero-order valence-electron chi connectivity index (χ0n) is 13.1. The molecule has 7 heteroatoms. The van der Waals surface area contributed by atoms with Crippen molar-refractivity contribution in [3.05, 3.63) is 22.3 Å². The second kappa shape index (κ2) is 6.39. The highest BCUT2D eigenvalue weighted by atomic mass is 32.1. The minimum absolute atomic E-state index is 0.0572. The van der Waals surface area contributed by atoms with Crippen LogP contribution in [0.4, 0.5) is 0 Å². The normalized spacial score (nSPS) is 18.6. The molecule has 2 aromatic rings. The van der Waals surface area contributed by atoms with E-state index in [1.807, 2.05) is 0 Å². The van der Waals surface area contributed by atoms with Crippen LogP contribution in [0, 0.1) is 0 Å². The van der Waals surface area contributed by atoms with E-state index >= 15 is 0 Å². The maximum Gasteiger partial charge on any atom is 0.254 e. The van der Waals surface area contributed by atoms with Gasteiger partial charge in [0.05, 0.1) is 5.56 Å². The summed E-state index contributed by atoms with van der Waals surface area (Å²) in [5.74, 6) is 0.0572. The molecule has 2 heterocycles. The third-order valence-corrected chi connectivity index (χ3v) is 6.16. The summed E-state index contributed by atoms with van der Waals surface area (Å²) in [6, 6.07) is 0.309. The lowest BCUT2D eigenvalue weighted by atomic mass is 10.1. The van der Waals surface area contributed by atoms with Gasteiger partial charge in [0.25, 0.3) is 5.91 Å². The molecule has 122 valence electrons. The highest BCUT2D eigenvalue weighted by Crippen LogP contribution is 2.37. The Labute approximate surface area is 139 Å². The SMILES string of the molecule is O=C(NC1CCCCCC1)c1c(-n2cnnn2)sc2c1CCC2. The molecule has 4 rings (SSSR count). The molecule has 23 heavy (non-hydrogen) atoms. The van der Waals surface area contributed by atoms with Crippen LogP contribution in [0.25, 0.3) is 5.00 Å². The van der Waals surface area contributed by atoms with Gasteiger partial charge in [0.15, 0.2) is 0 Å². The van der Waals surface area contributed by atoms with Crippen molar-refractivity contribution in [3.8, 4) is 5.00 Å². The Kier molecular flexibility index (Phi) is 4.11. The minimum atomic E-state index is 0.0572. The standard InChI is InChI=1S/C16H21N5OS/c22-15(18-11-6-3-1-2-4-7-11)14-12-8-5-9-13(12)23-16(14)21-10-17-19-20-21/h10-11H,1-9H2,(H,18,22). The molecule has 1 amide bonds. The van der Waals surface area contributed by atoms with Gasteiger partial charge in [-0.3, -0.25) is 4.79 Å². The fourth-order valence-corrected chi connectivity index (χ4v) is 5.02. The van der Waals surface area contributed by atoms with Gasteiger partial charge in [-0.05, 0) is 48.1 Å². The van der Waals surface area contributed by atoms with E-state index < -0.39 is 0 Å². The molecule has 0 unspecified atom stereocenters. The van der Waals surface area contributed by atoms with Crippen LogP contribution in [0.1, 0.15) is 65.7 Å². The molecule has 0 aromatic carbocycles. The first-order valence-electron chi connectivity index (χ1n) is 8.51. The van der Waals surface area contributed by atoms with E-state index in [0.717, 1.165) is 42.7 Å². The Morgan fingerprint density at radius 3 is 2.74 bits per heavy atom. The molecular weight excluding hydrogens is 310 g/mol. The first kappa shape index (κ1) is 14.8. The maximum atomic E-state index is 13.0. The summed E-state index contributed by atoms with van der Waals surface area (Å²) in [6.45, 7) is 0. The van der Waals surface area contributed by atoms with Crippen LogP contribution in [0.15, 0.2) is 6.33 Å². The molecule has 0 saturated heterocycles. The van der Waals surface area contributed by atoms with E-state index in [2.05, 4.69) is 20.8 Å². The fraction of sp³-hybridized carbons (Fsp3) is 0.625. The number of nitrogens with zero attached hydrogens (tertiary/aromatic N) is 4. The van der Waals surface area contributed by atoms with Gasteiger partial charge in [0.2, 0.25) is 0 Å². The summed E-state index contributed by atoms with van der Waals surface area (Å²) in [5, 5.41) is 15.6. The fourth-order valence-electron chi connectivity index (χ4n) is 3.72. The van der Waals surface area contributed by atoms with Gasteiger partial charge in [0.1, 0.15) is 11.3 Å². The van der Waals surface area contributed by atoms with Crippen molar-refractivity contribution in [1.29, 1.82) is 0 Å². The number of rotatable bonds is 3. The van der Waals surface area contributed by atoms with E-state index in [-0.39, 0.29) is 5.91 Å². The summed E-state index contributed by atoms with van der Waals surface area (Å²) in [4.78, 5) is 14.3. The largest absolute Gasteiger partial charge is 0.349 e. The number of hydrogen-bond acceptors (Lipinski definition) is 5. The monoisotopic (exact) mass is 331 g/mol. The second-order valence-corrected chi connectivity index (χ2v) is 7.54. The average molecular weight is 331 g/mol. The van der Waals surface area contributed by atoms with Crippen LogP contribution in [0.3, 0.4) is 0 Å². The number of fused-ring (bicyclic) bond motifs is 1. The van der Waals surface area contributed by atoms with Gasteiger partial charge in [0, 0.05) is 10.9 Å². The van der Waals surface area contributed by atoms with Gasteiger partial charge in [-0.1, -0.05) is 25.7 Å². The topological polar surface area (TPSA) is 72.7 Å². The highest BCUT2D eigenvalue weighted by molar-refractivity contribution is 7.15. The Morgan fingerprint density at radius 1 is 1.17 bits per heavy atom. The molecule has 2 aliphatic carbocycles. The Morgan fingerprint density at radius 2 is 2.00 bits per heavy atom. The average Bonchev–Trinajstić information content (AvgIpc) is 3.22. The summed E-state index contributed by atoms with van der Waals surface area (Å²) < 4.78 is 1.63. The van der Waals surface area contributed by atoms with Crippen LogP contribution in [0.5, 0.6) is 0 Å². The molecule has 0 aliphatic heterocycles. The number of amides is 1. The smallest absolute Gasteiger partial charge is 0.254 e. The van der Waals surface area contributed by atoms with Gasteiger partial charge in [-0.25, -0.2) is 0 Å². The van der Waals surface area contributed by atoms with Crippen LogP contribution >= 0.6 is 11.3 Å². The van der Waals surface area contributed by atoms with Gasteiger partial charge in [-0.15, -0.1) is 16.4 Å². The molecule has 0 bridgehead atoms. The van der Waals surface area contributed by atoms with E-state index in [9.17, 15) is 4.79 Å². The van der Waals surface area contributed by atoms with Crippen LogP contribution in [-0.2, 0) is 12.8 Å². The molecular formula is C16H21N5OS. The molecule has 1 N–H and O–H groups in total.